The van der Waals surface area contributed by atoms with Gasteiger partial charge in [-0.1, -0.05) is 6.07 Å². The summed E-state index contributed by atoms with van der Waals surface area (Å²) in [6, 6.07) is 7.35. The van der Waals surface area contributed by atoms with Gasteiger partial charge >= 0.3 is 0 Å². The van der Waals surface area contributed by atoms with Crippen LogP contribution in [0.3, 0.4) is 0 Å². The molecule has 0 aliphatic carbocycles. The van der Waals surface area contributed by atoms with Crippen molar-refractivity contribution < 1.29 is 14.0 Å². The highest BCUT2D eigenvalue weighted by Gasteiger charge is 2.27. The fourth-order valence-electron chi connectivity index (χ4n) is 3.55. The van der Waals surface area contributed by atoms with Gasteiger partial charge in [0.1, 0.15) is 5.65 Å². The average Bonchev–Trinajstić information content (AvgIpc) is 3.31. The van der Waals surface area contributed by atoms with Crippen LogP contribution in [0.5, 0.6) is 0 Å². The molecular formula is C20H22N4O3. The molecule has 7 nitrogen and oxygen atoms in total. The number of carbonyl (C=O) groups excluding carboxylic acids is 2. The largest absolute Gasteiger partial charge is 0.459 e. The number of hydrogen-bond donors (Lipinski definition) is 0. The summed E-state index contributed by atoms with van der Waals surface area (Å²) >= 11 is 0. The number of imidazole rings is 1. The van der Waals surface area contributed by atoms with Crippen LogP contribution < -0.4 is 0 Å². The maximum absolute atomic E-state index is 12.8. The minimum atomic E-state index is -0.125. The van der Waals surface area contributed by atoms with E-state index in [0.717, 1.165) is 22.6 Å². The van der Waals surface area contributed by atoms with E-state index in [-0.39, 0.29) is 11.8 Å². The second-order valence-electron chi connectivity index (χ2n) is 6.86. The molecule has 0 bridgehead atoms. The predicted octanol–water partition coefficient (Wildman–Crippen LogP) is 2.07. The number of piperazine rings is 1. The number of furan rings is 1. The number of nitrogens with zero attached hydrogens (tertiary/aromatic N) is 4. The lowest BCUT2D eigenvalue weighted by atomic mass is 10.2. The smallest absolute Gasteiger partial charge is 0.289 e. The van der Waals surface area contributed by atoms with Gasteiger partial charge < -0.3 is 18.6 Å². The third-order valence-corrected chi connectivity index (χ3v) is 5.11. The van der Waals surface area contributed by atoms with Crippen molar-refractivity contribution in [2.75, 3.05) is 26.2 Å². The standard InChI is InChI=1S/C20H22N4O3/c1-14-5-3-7-24-16(15(2)21-19(14)24)13-18(25)22-8-10-23(11-9-22)20(26)17-6-4-12-27-17/h3-7,12H,8-11,13H2,1-2H3. The molecule has 0 unspecified atom stereocenters. The Hall–Kier alpha value is -3.09. The molecular weight excluding hydrogens is 344 g/mol. The number of hydrogen-bond acceptors (Lipinski definition) is 4. The molecule has 1 saturated heterocycles. The van der Waals surface area contributed by atoms with E-state index in [2.05, 4.69) is 4.98 Å². The second-order valence-corrected chi connectivity index (χ2v) is 6.86. The van der Waals surface area contributed by atoms with E-state index in [1.165, 1.54) is 6.26 Å². The lowest BCUT2D eigenvalue weighted by Crippen LogP contribution is -2.51. The van der Waals surface area contributed by atoms with Gasteiger partial charge in [0.15, 0.2) is 5.76 Å². The molecule has 1 aliphatic heterocycles. The summed E-state index contributed by atoms with van der Waals surface area (Å²) in [6.07, 6.45) is 3.75. The van der Waals surface area contributed by atoms with Crippen molar-refractivity contribution in [1.82, 2.24) is 19.2 Å². The van der Waals surface area contributed by atoms with Crippen LogP contribution in [0.15, 0.2) is 41.1 Å². The number of aromatic nitrogens is 2. The summed E-state index contributed by atoms with van der Waals surface area (Å²) in [5, 5.41) is 0. The molecule has 0 N–H and O–H groups in total. The van der Waals surface area contributed by atoms with Crippen molar-refractivity contribution >= 4 is 17.5 Å². The van der Waals surface area contributed by atoms with E-state index in [1.54, 1.807) is 17.0 Å². The van der Waals surface area contributed by atoms with Crippen molar-refractivity contribution in [2.45, 2.75) is 20.3 Å². The lowest BCUT2D eigenvalue weighted by molar-refractivity contribution is -0.132. The number of carbonyl (C=O) groups is 2. The zero-order chi connectivity index (χ0) is 19.0. The Morgan fingerprint density at radius 2 is 1.81 bits per heavy atom. The van der Waals surface area contributed by atoms with Crippen LogP contribution in [0, 0.1) is 13.8 Å². The molecule has 3 aromatic heterocycles. The first-order valence-corrected chi connectivity index (χ1v) is 9.08. The summed E-state index contributed by atoms with van der Waals surface area (Å²) < 4.78 is 7.17. The molecule has 7 heteroatoms. The van der Waals surface area contributed by atoms with Crippen molar-refractivity contribution in [3.63, 3.8) is 0 Å². The SMILES string of the molecule is Cc1nc2c(C)cccn2c1CC(=O)N1CCN(C(=O)c2ccco2)CC1. The Bertz CT molecular complexity index is 982. The van der Waals surface area contributed by atoms with E-state index in [4.69, 9.17) is 4.42 Å². The van der Waals surface area contributed by atoms with Gasteiger partial charge in [-0.05, 0) is 37.6 Å². The van der Waals surface area contributed by atoms with Gasteiger partial charge in [-0.2, -0.15) is 0 Å². The number of amides is 2. The molecule has 2 amide bonds. The monoisotopic (exact) mass is 366 g/mol. The number of fused-ring (bicyclic) bond motifs is 1. The third kappa shape index (κ3) is 3.20. The minimum Gasteiger partial charge on any atom is -0.459 e. The Morgan fingerprint density at radius 1 is 1.07 bits per heavy atom. The van der Waals surface area contributed by atoms with Crippen LogP contribution in [0.2, 0.25) is 0 Å². The summed E-state index contributed by atoms with van der Waals surface area (Å²) in [7, 11) is 0. The Balaban J connectivity index is 1.43. The highest BCUT2D eigenvalue weighted by atomic mass is 16.3. The first-order valence-electron chi connectivity index (χ1n) is 9.08. The molecule has 1 fully saturated rings. The Labute approximate surface area is 157 Å². The van der Waals surface area contributed by atoms with E-state index in [0.29, 0.717) is 38.4 Å². The van der Waals surface area contributed by atoms with E-state index in [9.17, 15) is 9.59 Å². The van der Waals surface area contributed by atoms with Crippen LogP contribution in [-0.4, -0.2) is 57.2 Å². The molecule has 4 rings (SSSR count). The summed E-state index contributed by atoms with van der Waals surface area (Å²) in [6.45, 7) is 6.03. The molecule has 0 atom stereocenters. The van der Waals surface area contributed by atoms with Gasteiger partial charge in [-0.15, -0.1) is 0 Å². The fourth-order valence-corrected chi connectivity index (χ4v) is 3.55. The van der Waals surface area contributed by atoms with Gasteiger partial charge in [-0.3, -0.25) is 9.59 Å². The lowest BCUT2D eigenvalue weighted by Gasteiger charge is -2.34. The van der Waals surface area contributed by atoms with Crippen LogP contribution in [0.4, 0.5) is 0 Å². The van der Waals surface area contributed by atoms with Gasteiger partial charge in [-0.25, -0.2) is 4.98 Å². The number of rotatable bonds is 3. The van der Waals surface area contributed by atoms with Gasteiger partial charge in [0, 0.05) is 32.4 Å². The summed E-state index contributed by atoms with van der Waals surface area (Å²) in [5.41, 5.74) is 3.79. The molecule has 0 spiro atoms. The van der Waals surface area contributed by atoms with Gasteiger partial charge in [0.05, 0.1) is 24.1 Å². The molecule has 0 radical (unpaired) electrons. The average molecular weight is 366 g/mol. The van der Waals surface area contributed by atoms with Crippen molar-refractivity contribution in [3.8, 4) is 0 Å². The Morgan fingerprint density at radius 3 is 2.52 bits per heavy atom. The molecule has 140 valence electrons. The summed E-state index contributed by atoms with van der Waals surface area (Å²) in [5.74, 6) is 0.276. The van der Waals surface area contributed by atoms with Crippen LogP contribution in [-0.2, 0) is 11.2 Å². The zero-order valence-electron chi connectivity index (χ0n) is 15.5. The molecule has 0 saturated carbocycles. The van der Waals surface area contributed by atoms with Gasteiger partial charge in [0.25, 0.3) is 5.91 Å². The van der Waals surface area contributed by atoms with Crippen LogP contribution in [0.25, 0.3) is 5.65 Å². The number of aryl methyl sites for hydroxylation is 2. The molecule has 1 aliphatic rings. The normalized spacial score (nSPS) is 14.7. The van der Waals surface area contributed by atoms with E-state index in [1.807, 2.05) is 41.5 Å². The first-order chi connectivity index (χ1) is 13.0. The second kappa shape index (κ2) is 6.90. The predicted molar refractivity (Wildman–Crippen MR) is 99.6 cm³/mol. The molecule has 4 heterocycles. The van der Waals surface area contributed by atoms with Crippen molar-refractivity contribution in [1.29, 1.82) is 0 Å². The maximum atomic E-state index is 12.8. The maximum Gasteiger partial charge on any atom is 0.289 e. The topological polar surface area (TPSA) is 71.1 Å². The van der Waals surface area contributed by atoms with Crippen molar-refractivity contribution in [2.24, 2.45) is 0 Å². The third-order valence-electron chi connectivity index (χ3n) is 5.11. The first kappa shape index (κ1) is 17.3. The van der Waals surface area contributed by atoms with E-state index < -0.39 is 0 Å². The minimum absolute atomic E-state index is 0.0616. The van der Waals surface area contributed by atoms with E-state index >= 15 is 0 Å². The fraction of sp³-hybridized carbons (Fsp3) is 0.350. The van der Waals surface area contributed by atoms with Crippen molar-refractivity contribution in [3.05, 3.63) is 59.4 Å². The Kier molecular flexibility index (Phi) is 4.43. The molecule has 0 aromatic carbocycles. The zero-order valence-corrected chi connectivity index (χ0v) is 15.5. The molecule has 3 aromatic rings. The summed E-state index contributed by atoms with van der Waals surface area (Å²) in [4.78, 5) is 33.3. The highest BCUT2D eigenvalue weighted by molar-refractivity contribution is 5.91. The van der Waals surface area contributed by atoms with Crippen LogP contribution in [0.1, 0.15) is 27.5 Å². The van der Waals surface area contributed by atoms with Crippen LogP contribution >= 0.6 is 0 Å². The number of pyridine rings is 1. The highest BCUT2D eigenvalue weighted by Crippen LogP contribution is 2.17. The quantitative estimate of drug-likeness (QED) is 0.711. The van der Waals surface area contributed by atoms with Gasteiger partial charge in [0.2, 0.25) is 5.91 Å². The molecule has 27 heavy (non-hydrogen) atoms.